The van der Waals surface area contributed by atoms with Gasteiger partial charge >= 0.3 is 5.97 Å². The SMILES string of the molecule is O=C(O)[C@@H](CC1CCC1)[C@@H]1CO1. The fourth-order valence-corrected chi connectivity index (χ4v) is 1.79. The summed E-state index contributed by atoms with van der Waals surface area (Å²) in [5, 5.41) is 8.87. The molecule has 0 aromatic carbocycles. The van der Waals surface area contributed by atoms with Crippen LogP contribution in [0.25, 0.3) is 0 Å². The lowest BCUT2D eigenvalue weighted by Gasteiger charge is -2.27. The van der Waals surface area contributed by atoms with Gasteiger partial charge in [0, 0.05) is 0 Å². The quantitative estimate of drug-likeness (QED) is 0.646. The molecule has 0 unspecified atom stereocenters. The zero-order valence-corrected chi connectivity index (χ0v) is 7.03. The molecule has 2 fully saturated rings. The molecule has 1 heterocycles. The Morgan fingerprint density at radius 3 is 2.58 bits per heavy atom. The average Bonchev–Trinajstić information content (AvgIpc) is 2.66. The number of epoxide rings is 1. The summed E-state index contributed by atoms with van der Waals surface area (Å²) in [6, 6.07) is 0. The van der Waals surface area contributed by atoms with E-state index < -0.39 is 5.97 Å². The van der Waals surface area contributed by atoms with Crippen LogP contribution < -0.4 is 0 Å². The van der Waals surface area contributed by atoms with E-state index in [0.29, 0.717) is 12.5 Å². The fourth-order valence-electron chi connectivity index (χ4n) is 1.79. The van der Waals surface area contributed by atoms with Crippen LogP contribution in [0.1, 0.15) is 25.7 Å². The summed E-state index contributed by atoms with van der Waals surface area (Å²) in [6.45, 7) is 0.656. The van der Waals surface area contributed by atoms with Crippen molar-refractivity contribution in [3.05, 3.63) is 0 Å². The minimum Gasteiger partial charge on any atom is -0.481 e. The molecule has 3 heteroatoms. The third-order valence-electron chi connectivity index (χ3n) is 2.94. The first kappa shape index (κ1) is 8.05. The van der Waals surface area contributed by atoms with Crippen LogP contribution >= 0.6 is 0 Å². The number of rotatable bonds is 4. The Morgan fingerprint density at radius 2 is 2.25 bits per heavy atom. The Kier molecular flexibility index (Phi) is 2.05. The van der Waals surface area contributed by atoms with Gasteiger partial charge in [0.2, 0.25) is 0 Å². The Balaban J connectivity index is 1.83. The number of carboxylic acid groups (broad SMARTS) is 1. The normalized spacial score (nSPS) is 30.8. The molecule has 1 aliphatic carbocycles. The Labute approximate surface area is 71.7 Å². The number of carboxylic acids is 1. The zero-order chi connectivity index (χ0) is 8.55. The first-order valence-corrected chi connectivity index (χ1v) is 4.62. The van der Waals surface area contributed by atoms with Crippen molar-refractivity contribution < 1.29 is 14.6 Å². The average molecular weight is 170 g/mol. The second-order valence-electron chi connectivity index (χ2n) is 3.85. The highest BCUT2D eigenvalue weighted by atomic mass is 16.6. The highest BCUT2D eigenvalue weighted by molar-refractivity contribution is 5.71. The van der Waals surface area contributed by atoms with Crippen LogP contribution in [0.4, 0.5) is 0 Å². The van der Waals surface area contributed by atoms with Gasteiger partial charge in [-0.05, 0) is 12.3 Å². The molecule has 1 aliphatic heterocycles. The lowest BCUT2D eigenvalue weighted by molar-refractivity contribution is -0.143. The molecule has 12 heavy (non-hydrogen) atoms. The molecule has 2 atom stereocenters. The summed E-state index contributed by atoms with van der Waals surface area (Å²) in [4.78, 5) is 10.8. The number of ether oxygens (including phenoxy) is 1. The lowest BCUT2D eigenvalue weighted by atomic mass is 9.78. The molecule has 1 N–H and O–H groups in total. The summed E-state index contributed by atoms with van der Waals surface area (Å²) in [6.07, 6.45) is 4.58. The van der Waals surface area contributed by atoms with Crippen molar-refractivity contribution in [2.45, 2.75) is 31.8 Å². The van der Waals surface area contributed by atoms with Gasteiger partial charge in [0.25, 0.3) is 0 Å². The van der Waals surface area contributed by atoms with E-state index >= 15 is 0 Å². The maximum absolute atomic E-state index is 10.8. The van der Waals surface area contributed by atoms with E-state index in [4.69, 9.17) is 9.84 Å². The van der Waals surface area contributed by atoms with Crippen LogP contribution in [-0.4, -0.2) is 23.8 Å². The van der Waals surface area contributed by atoms with Crippen LogP contribution in [0, 0.1) is 11.8 Å². The van der Waals surface area contributed by atoms with Gasteiger partial charge in [0.1, 0.15) is 0 Å². The van der Waals surface area contributed by atoms with Gasteiger partial charge in [-0.2, -0.15) is 0 Å². The second-order valence-corrected chi connectivity index (χ2v) is 3.85. The summed E-state index contributed by atoms with van der Waals surface area (Å²) in [7, 11) is 0. The van der Waals surface area contributed by atoms with Crippen molar-refractivity contribution in [1.82, 2.24) is 0 Å². The molecule has 1 saturated heterocycles. The third kappa shape index (κ3) is 1.61. The molecule has 0 aromatic heterocycles. The molecule has 2 aliphatic rings. The van der Waals surface area contributed by atoms with E-state index in [1.54, 1.807) is 0 Å². The molecular formula is C9H14O3. The van der Waals surface area contributed by atoms with Crippen molar-refractivity contribution in [2.75, 3.05) is 6.61 Å². The molecule has 0 aromatic rings. The molecule has 0 amide bonds. The number of aliphatic carboxylic acids is 1. The van der Waals surface area contributed by atoms with Gasteiger partial charge in [-0.15, -0.1) is 0 Å². The van der Waals surface area contributed by atoms with Gasteiger partial charge in [0.05, 0.1) is 18.6 Å². The van der Waals surface area contributed by atoms with Crippen LogP contribution in [0.2, 0.25) is 0 Å². The van der Waals surface area contributed by atoms with E-state index in [-0.39, 0.29) is 12.0 Å². The lowest BCUT2D eigenvalue weighted by Crippen LogP contribution is -2.25. The predicted molar refractivity (Wildman–Crippen MR) is 42.8 cm³/mol. The Hall–Kier alpha value is -0.570. The van der Waals surface area contributed by atoms with E-state index in [1.807, 2.05) is 0 Å². The summed E-state index contributed by atoms with van der Waals surface area (Å²) < 4.78 is 5.02. The maximum Gasteiger partial charge on any atom is 0.309 e. The monoisotopic (exact) mass is 170 g/mol. The number of carbonyl (C=O) groups is 1. The first-order chi connectivity index (χ1) is 5.77. The van der Waals surface area contributed by atoms with Crippen molar-refractivity contribution >= 4 is 5.97 Å². The Bertz CT molecular complexity index is 182. The molecule has 0 bridgehead atoms. The molecular weight excluding hydrogens is 156 g/mol. The van der Waals surface area contributed by atoms with Crippen LogP contribution in [0.15, 0.2) is 0 Å². The summed E-state index contributed by atoms with van der Waals surface area (Å²) in [5.41, 5.74) is 0. The molecule has 68 valence electrons. The number of hydrogen-bond acceptors (Lipinski definition) is 2. The molecule has 0 spiro atoms. The highest BCUT2D eigenvalue weighted by Gasteiger charge is 2.39. The fraction of sp³-hybridized carbons (Fsp3) is 0.889. The highest BCUT2D eigenvalue weighted by Crippen LogP contribution is 2.36. The van der Waals surface area contributed by atoms with Crippen molar-refractivity contribution in [1.29, 1.82) is 0 Å². The smallest absolute Gasteiger partial charge is 0.309 e. The van der Waals surface area contributed by atoms with Gasteiger partial charge < -0.3 is 9.84 Å². The standard InChI is InChI=1S/C9H14O3/c10-9(11)7(8-5-12-8)4-6-2-1-3-6/h6-8H,1-5H2,(H,10,11)/t7-,8-/m0/s1. The zero-order valence-electron chi connectivity index (χ0n) is 7.03. The van der Waals surface area contributed by atoms with Crippen LogP contribution in [0.3, 0.4) is 0 Å². The summed E-state index contributed by atoms with van der Waals surface area (Å²) in [5.74, 6) is -0.241. The first-order valence-electron chi connectivity index (χ1n) is 4.62. The maximum atomic E-state index is 10.8. The van der Waals surface area contributed by atoms with Crippen LogP contribution in [-0.2, 0) is 9.53 Å². The molecule has 1 saturated carbocycles. The van der Waals surface area contributed by atoms with Gasteiger partial charge in [-0.1, -0.05) is 19.3 Å². The van der Waals surface area contributed by atoms with E-state index in [2.05, 4.69) is 0 Å². The summed E-state index contributed by atoms with van der Waals surface area (Å²) >= 11 is 0. The van der Waals surface area contributed by atoms with Crippen molar-refractivity contribution in [3.63, 3.8) is 0 Å². The molecule has 2 rings (SSSR count). The van der Waals surface area contributed by atoms with Gasteiger partial charge in [0.15, 0.2) is 0 Å². The topological polar surface area (TPSA) is 49.8 Å². The Morgan fingerprint density at radius 1 is 1.58 bits per heavy atom. The van der Waals surface area contributed by atoms with Crippen molar-refractivity contribution in [3.8, 4) is 0 Å². The number of hydrogen-bond donors (Lipinski definition) is 1. The predicted octanol–water partition coefficient (Wildman–Crippen LogP) is 1.28. The molecule has 0 radical (unpaired) electrons. The minimum absolute atomic E-state index is 0.0306. The van der Waals surface area contributed by atoms with Gasteiger partial charge in [-0.25, -0.2) is 0 Å². The van der Waals surface area contributed by atoms with Crippen LogP contribution in [0.5, 0.6) is 0 Å². The molecule has 3 nitrogen and oxygen atoms in total. The van der Waals surface area contributed by atoms with E-state index in [0.717, 1.165) is 6.42 Å². The van der Waals surface area contributed by atoms with E-state index in [9.17, 15) is 4.79 Å². The largest absolute Gasteiger partial charge is 0.481 e. The minimum atomic E-state index is -0.676. The third-order valence-corrected chi connectivity index (χ3v) is 2.94. The second kappa shape index (κ2) is 3.05. The van der Waals surface area contributed by atoms with Gasteiger partial charge in [-0.3, -0.25) is 4.79 Å². The van der Waals surface area contributed by atoms with Crippen molar-refractivity contribution in [2.24, 2.45) is 11.8 Å². The van der Waals surface area contributed by atoms with E-state index in [1.165, 1.54) is 19.3 Å².